The summed E-state index contributed by atoms with van der Waals surface area (Å²) in [5.41, 5.74) is 5.83. The van der Waals surface area contributed by atoms with Crippen molar-refractivity contribution in [3.8, 4) is 5.75 Å². The molecule has 2 aromatic heterocycles. The van der Waals surface area contributed by atoms with Crippen LogP contribution in [0.5, 0.6) is 5.75 Å². The molecule has 0 fully saturated rings. The molecule has 0 aliphatic rings. The molecule has 204 valence electrons. The first-order valence-corrected chi connectivity index (χ1v) is 13.3. The van der Waals surface area contributed by atoms with E-state index in [4.69, 9.17) is 15.2 Å². The molecule has 2 amide bonds. The third-order valence-electron chi connectivity index (χ3n) is 5.13. The Bertz CT molecular complexity index is 1360. The molecule has 0 aliphatic heterocycles. The predicted octanol–water partition coefficient (Wildman–Crippen LogP) is 4.48. The third kappa shape index (κ3) is 6.67. The summed E-state index contributed by atoms with van der Waals surface area (Å²) in [5, 5.41) is 11.5. The lowest BCUT2D eigenvalue weighted by molar-refractivity contribution is -0.113. The zero-order chi connectivity index (χ0) is 28.1. The lowest BCUT2D eigenvalue weighted by Gasteiger charge is -2.16. The van der Waals surface area contributed by atoms with Crippen LogP contribution in [0.3, 0.4) is 0 Å². The number of benzene rings is 1. The normalized spacial score (nSPS) is 11.9. The molecular formula is C24H27F2N5O5S2. The SMILES string of the molecule is CCn1c(SCC(=O)Nc2sc(C(N)=O)c(C)c2C(=O)OC(C)C)nnc1C(C)Oc1ccc(F)cc1F. The molecule has 0 saturated heterocycles. The first-order valence-electron chi connectivity index (χ1n) is 11.5. The molecule has 2 heterocycles. The smallest absolute Gasteiger partial charge is 0.341 e. The number of hydrogen-bond donors (Lipinski definition) is 2. The third-order valence-corrected chi connectivity index (χ3v) is 7.31. The Morgan fingerprint density at radius 3 is 2.53 bits per heavy atom. The topological polar surface area (TPSA) is 138 Å². The summed E-state index contributed by atoms with van der Waals surface area (Å²) in [7, 11) is 0. The van der Waals surface area contributed by atoms with E-state index in [0.29, 0.717) is 23.1 Å². The molecule has 0 saturated carbocycles. The Balaban J connectivity index is 1.73. The standard InChI is InChI=1S/C24H27F2N5O5S2/c1-6-31-21(13(5)36-16-8-7-14(25)9-15(16)26)29-30-24(31)37-10-17(32)28-22-18(23(34)35-11(2)3)12(4)19(38-22)20(27)33/h7-9,11,13H,6,10H2,1-5H3,(H2,27,33)(H,28,32). The molecule has 10 nitrogen and oxygen atoms in total. The lowest BCUT2D eigenvalue weighted by atomic mass is 10.1. The van der Waals surface area contributed by atoms with Crippen LogP contribution in [0, 0.1) is 18.6 Å². The first-order chi connectivity index (χ1) is 17.9. The largest absolute Gasteiger partial charge is 0.480 e. The van der Waals surface area contributed by atoms with Gasteiger partial charge in [-0.1, -0.05) is 11.8 Å². The fraction of sp³-hybridized carbons (Fsp3) is 0.375. The van der Waals surface area contributed by atoms with Crippen LogP contribution >= 0.6 is 23.1 Å². The quantitative estimate of drug-likeness (QED) is 0.255. The van der Waals surface area contributed by atoms with Crippen molar-refractivity contribution < 1.29 is 32.6 Å². The van der Waals surface area contributed by atoms with Crippen LogP contribution < -0.4 is 15.8 Å². The highest BCUT2D eigenvalue weighted by molar-refractivity contribution is 7.99. The van der Waals surface area contributed by atoms with Crippen LogP contribution in [0.25, 0.3) is 0 Å². The summed E-state index contributed by atoms with van der Waals surface area (Å²) in [4.78, 5) is 37.3. The van der Waals surface area contributed by atoms with Gasteiger partial charge in [0.05, 0.1) is 22.3 Å². The molecule has 0 bridgehead atoms. The number of halogens is 2. The molecule has 1 unspecified atom stereocenters. The van der Waals surface area contributed by atoms with Crippen molar-refractivity contribution >= 4 is 45.9 Å². The summed E-state index contributed by atoms with van der Waals surface area (Å²) < 4.78 is 39.8. The fourth-order valence-electron chi connectivity index (χ4n) is 3.47. The summed E-state index contributed by atoms with van der Waals surface area (Å²) in [6.45, 7) is 8.85. The Labute approximate surface area is 225 Å². The van der Waals surface area contributed by atoms with Crippen molar-refractivity contribution in [2.24, 2.45) is 5.73 Å². The van der Waals surface area contributed by atoms with Gasteiger partial charge in [-0.25, -0.2) is 13.6 Å². The molecular weight excluding hydrogens is 540 g/mol. The highest BCUT2D eigenvalue weighted by Crippen LogP contribution is 2.34. The number of carbonyl (C=O) groups excluding carboxylic acids is 3. The number of amides is 2. The average Bonchev–Trinajstić information content (AvgIpc) is 3.39. The van der Waals surface area contributed by atoms with E-state index in [1.54, 1.807) is 32.3 Å². The Kier molecular flexibility index (Phi) is 9.44. The molecule has 1 aromatic carbocycles. The van der Waals surface area contributed by atoms with Crippen LogP contribution in [-0.2, 0) is 16.1 Å². The predicted molar refractivity (Wildman–Crippen MR) is 139 cm³/mol. The van der Waals surface area contributed by atoms with Gasteiger partial charge in [0.1, 0.15) is 10.8 Å². The maximum absolute atomic E-state index is 14.0. The number of thioether (sulfide) groups is 1. The number of rotatable bonds is 11. The number of nitrogens with one attached hydrogen (secondary N) is 1. The Morgan fingerprint density at radius 1 is 1.21 bits per heavy atom. The van der Waals surface area contributed by atoms with Gasteiger partial charge in [-0.05, 0) is 52.3 Å². The number of thiophene rings is 1. The summed E-state index contributed by atoms with van der Waals surface area (Å²) >= 11 is 1.98. The van der Waals surface area contributed by atoms with Crippen molar-refractivity contribution in [3.63, 3.8) is 0 Å². The van der Waals surface area contributed by atoms with Gasteiger partial charge < -0.3 is 25.1 Å². The number of anilines is 1. The van der Waals surface area contributed by atoms with Crippen molar-refractivity contribution in [1.82, 2.24) is 14.8 Å². The molecule has 0 spiro atoms. The van der Waals surface area contributed by atoms with Crippen LogP contribution in [0.1, 0.15) is 65.2 Å². The van der Waals surface area contributed by atoms with E-state index in [1.165, 1.54) is 6.07 Å². The van der Waals surface area contributed by atoms with E-state index in [-0.39, 0.29) is 26.9 Å². The Hall–Kier alpha value is -3.52. The van der Waals surface area contributed by atoms with Crippen molar-refractivity contribution in [2.45, 2.75) is 58.5 Å². The number of nitrogens with two attached hydrogens (primary N) is 1. The molecule has 0 aliphatic carbocycles. The van der Waals surface area contributed by atoms with Gasteiger partial charge in [0.2, 0.25) is 5.91 Å². The highest BCUT2D eigenvalue weighted by atomic mass is 32.2. The number of carbonyl (C=O) groups is 3. The first kappa shape index (κ1) is 29.0. The van der Waals surface area contributed by atoms with E-state index in [2.05, 4.69) is 15.5 Å². The van der Waals surface area contributed by atoms with Crippen LogP contribution in [0.15, 0.2) is 23.4 Å². The minimum absolute atomic E-state index is 0.0776. The fourth-order valence-corrected chi connectivity index (χ4v) is 5.34. The number of nitrogens with zero attached hydrogens (tertiary/aromatic N) is 3. The number of aromatic nitrogens is 3. The van der Waals surface area contributed by atoms with Crippen molar-refractivity contribution in [1.29, 1.82) is 0 Å². The highest BCUT2D eigenvalue weighted by Gasteiger charge is 2.27. The molecule has 14 heteroatoms. The van der Waals surface area contributed by atoms with Gasteiger partial charge in [0.15, 0.2) is 28.7 Å². The lowest BCUT2D eigenvalue weighted by Crippen LogP contribution is -2.18. The number of esters is 1. The van der Waals surface area contributed by atoms with Gasteiger partial charge in [-0.2, -0.15) is 0 Å². The monoisotopic (exact) mass is 567 g/mol. The molecule has 38 heavy (non-hydrogen) atoms. The molecule has 3 rings (SSSR count). The number of ether oxygens (including phenoxy) is 2. The zero-order valence-corrected chi connectivity index (χ0v) is 23.0. The summed E-state index contributed by atoms with van der Waals surface area (Å²) in [6, 6.07) is 3.00. The summed E-state index contributed by atoms with van der Waals surface area (Å²) in [6.07, 6.45) is -1.13. The maximum Gasteiger partial charge on any atom is 0.341 e. The second kappa shape index (κ2) is 12.3. The summed E-state index contributed by atoms with van der Waals surface area (Å²) in [5.74, 6) is -3.26. The van der Waals surface area contributed by atoms with E-state index in [9.17, 15) is 23.2 Å². The minimum Gasteiger partial charge on any atom is -0.480 e. The van der Waals surface area contributed by atoms with Gasteiger partial charge in [-0.3, -0.25) is 9.59 Å². The van der Waals surface area contributed by atoms with Gasteiger partial charge in [0.25, 0.3) is 5.91 Å². The second-order valence-electron chi connectivity index (χ2n) is 8.34. The van der Waals surface area contributed by atoms with Gasteiger partial charge in [-0.15, -0.1) is 21.5 Å². The van der Waals surface area contributed by atoms with Crippen molar-refractivity contribution in [2.75, 3.05) is 11.1 Å². The van der Waals surface area contributed by atoms with E-state index < -0.39 is 41.6 Å². The van der Waals surface area contributed by atoms with Crippen LogP contribution in [-0.4, -0.2) is 44.4 Å². The zero-order valence-electron chi connectivity index (χ0n) is 21.3. The molecule has 3 N–H and O–H groups in total. The number of primary amides is 1. The minimum atomic E-state index is -0.842. The second-order valence-corrected chi connectivity index (χ2v) is 10.3. The van der Waals surface area contributed by atoms with E-state index in [1.807, 2.05) is 6.92 Å². The van der Waals surface area contributed by atoms with E-state index in [0.717, 1.165) is 35.2 Å². The molecule has 1 atom stereocenters. The van der Waals surface area contributed by atoms with E-state index >= 15 is 0 Å². The van der Waals surface area contributed by atoms with Gasteiger partial charge in [0, 0.05) is 12.6 Å². The molecule has 3 aromatic rings. The van der Waals surface area contributed by atoms with Crippen molar-refractivity contribution in [3.05, 3.63) is 51.7 Å². The average molecular weight is 568 g/mol. The van der Waals surface area contributed by atoms with Gasteiger partial charge >= 0.3 is 5.97 Å². The maximum atomic E-state index is 14.0. The van der Waals surface area contributed by atoms with Crippen LogP contribution in [0.2, 0.25) is 0 Å². The number of hydrogen-bond acceptors (Lipinski definition) is 9. The van der Waals surface area contributed by atoms with Crippen LogP contribution in [0.4, 0.5) is 13.8 Å². The Morgan fingerprint density at radius 2 is 1.92 bits per heavy atom. The molecule has 0 radical (unpaired) electrons.